The molecule has 0 amide bonds. The summed E-state index contributed by atoms with van der Waals surface area (Å²) in [5.41, 5.74) is 14.4. The van der Waals surface area contributed by atoms with Crippen LogP contribution in [0.2, 0.25) is 0 Å². The van der Waals surface area contributed by atoms with Crippen LogP contribution in [-0.4, -0.2) is 0 Å². The van der Waals surface area contributed by atoms with Gasteiger partial charge in [0.15, 0.2) is 0 Å². The molecule has 0 atom stereocenters. The summed E-state index contributed by atoms with van der Waals surface area (Å²) in [4.78, 5) is 2.43. The van der Waals surface area contributed by atoms with E-state index >= 15 is 0 Å². The standard InChI is InChI=1S/C53H35NO/c1-4-19-38(20-5-1)53(39-21-6-2-7-22-39)47-28-14-12-25-42(47)43-32-31-41(35-48(43)53)54(40-23-8-3-9-24-40)49-29-15-13-26-44(49)45-27-16-30-50-52(45)46-33-36-17-10-11-18-37(36)34-51(46)55-50/h1-35H. The second-order valence-electron chi connectivity index (χ2n) is 14.4. The summed E-state index contributed by atoms with van der Waals surface area (Å²) in [5.74, 6) is 0. The molecule has 1 heterocycles. The predicted octanol–water partition coefficient (Wildman–Crippen LogP) is 14.2. The fourth-order valence-electron chi connectivity index (χ4n) is 9.21. The van der Waals surface area contributed by atoms with E-state index in [0.717, 1.165) is 50.1 Å². The van der Waals surface area contributed by atoms with Gasteiger partial charge in [0, 0.05) is 27.7 Å². The largest absolute Gasteiger partial charge is 0.456 e. The number of nitrogens with zero attached hydrogens (tertiary/aromatic N) is 1. The monoisotopic (exact) mass is 701 g/mol. The number of benzene rings is 9. The van der Waals surface area contributed by atoms with Crippen molar-refractivity contribution in [2.45, 2.75) is 5.41 Å². The Bertz CT molecular complexity index is 3000. The fraction of sp³-hybridized carbons (Fsp3) is 0.0189. The maximum absolute atomic E-state index is 6.57. The van der Waals surface area contributed by atoms with E-state index in [-0.39, 0.29) is 0 Å². The smallest absolute Gasteiger partial charge is 0.136 e. The molecule has 0 saturated carbocycles. The van der Waals surface area contributed by atoms with Crippen LogP contribution in [0.15, 0.2) is 217 Å². The number of rotatable bonds is 6. The van der Waals surface area contributed by atoms with Crippen molar-refractivity contribution in [3.05, 3.63) is 235 Å². The molecular formula is C53H35NO. The maximum atomic E-state index is 6.57. The third-order valence-electron chi connectivity index (χ3n) is 11.5. The number of furan rings is 1. The lowest BCUT2D eigenvalue weighted by molar-refractivity contribution is 0.669. The molecule has 0 saturated heterocycles. The lowest BCUT2D eigenvalue weighted by Crippen LogP contribution is -2.28. The quantitative estimate of drug-likeness (QED) is 0.172. The Labute approximate surface area is 320 Å². The molecule has 0 aliphatic heterocycles. The lowest BCUT2D eigenvalue weighted by atomic mass is 9.67. The lowest BCUT2D eigenvalue weighted by Gasteiger charge is -2.35. The Balaban J connectivity index is 1.18. The zero-order valence-electron chi connectivity index (χ0n) is 30.1. The number of para-hydroxylation sites is 2. The second kappa shape index (κ2) is 12.5. The van der Waals surface area contributed by atoms with Gasteiger partial charge in [-0.3, -0.25) is 0 Å². The molecule has 1 aliphatic carbocycles. The van der Waals surface area contributed by atoms with Gasteiger partial charge in [-0.05, 0) is 98.2 Å². The minimum Gasteiger partial charge on any atom is -0.456 e. The molecule has 0 fully saturated rings. The van der Waals surface area contributed by atoms with Crippen molar-refractivity contribution in [3.63, 3.8) is 0 Å². The molecule has 0 N–H and O–H groups in total. The molecule has 2 heteroatoms. The van der Waals surface area contributed by atoms with Crippen molar-refractivity contribution in [1.82, 2.24) is 0 Å². The summed E-state index contributed by atoms with van der Waals surface area (Å²) in [5, 5.41) is 4.62. The van der Waals surface area contributed by atoms with E-state index in [9.17, 15) is 0 Å². The molecule has 11 rings (SSSR count). The van der Waals surface area contributed by atoms with Crippen LogP contribution in [-0.2, 0) is 5.41 Å². The molecule has 0 unspecified atom stereocenters. The van der Waals surface area contributed by atoms with Crippen LogP contribution in [0.3, 0.4) is 0 Å². The molecule has 0 radical (unpaired) electrons. The van der Waals surface area contributed by atoms with Crippen LogP contribution in [0.4, 0.5) is 17.1 Å². The van der Waals surface area contributed by atoms with Gasteiger partial charge in [-0.2, -0.15) is 0 Å². The zero-order chi connectivity index (χ0) is 36.3. The predicted molar refractivity (Wildman–Crippen MR) is 229 cm³/mol. The SMILES string of the molecule is c1ccc(N(c2ccc3c(c2)C(c2ccccc2)(c2ccccc2)c2ccccc2-3)c2ccccc2-c2cccc3oc4cc5ccccc5cc4c23)cc1. The van der Waals surface area contributed by atoms with Gasteiger partial charge in [-0.15, -0.1) is 0 Å². The van der Waals surface area contributed by atoms with Crippen molar-refractivity contribution in [1.29, 1.82) is 0 Å². The van der Waals surface area contributed by atoms with E-state index < -0.39 is 5.41 Å². The van der Waals surface area contributed by atoms with Crippen molar-refractivity contribution in [2.75, 3.05) is 4.90 Å². The molecule has 258 valence electrons. The first-order valence-corrected chi connectivity index (χ1v) is 18.9. The van der Waals surface area contributed by atoms with Gasteiger partial charge in [-0.1, -0.05) is 164 Å². The van der Waals surface area contributed by atoms with Crippen LogP contribution in [0.25, 0.3) is 55.0 Å². The summed E-state index contributed by atoms with van der Waals surface area (Å²) < 4.78 is 6.57. The first-order valence-electron chi connectivity index (χ1n) is 18.9. The molecule has 0 spiro atoms. The molecule has 0 bridgehead atoms. The Morgan fingerprint density at radius 1 is 0.364 bits per heavy atom. The van der Waals surface area contributed by atoms with Crippen molar-refractivity contribution < 1.29 is 4.42 Å². The average Bonchev–Trinajstić information content (AvgIpc) is 3.77. The van der Waals surface area contributed by atoms with E-state index in [1.807, 2.05) is 0 Å². The summed E-state index contributed by atoms with van der Waals surface area (Å²) in [7, 11) is 0. The second-order valence-corrected chi connectivity index (χ2v) is 14.4. The van der Waals surface area contributed by atoms with Crippen LogP contribution in [0.1, 0.15) is 22.3 Å². The van der Waals surface area contributed by atoms with Gasteiger partial charge in [0.2, 0.25) is 0 Å². The highest BCUT2D eigenvalue weighted by Crippen LogP contribution is 2.57. The van der Waals surface area contributed by atoms with Crippen LogP contribution < -0.4 is 4.90 Å². The van der Waals surface area contributed by atoms with Gasteiger partial charge < -0.3 is 9.32 Å². The van der Waals surface area contributed by atoms with Crippen molar-refractivity contribution >= 4 is 49.8 Å². The summed E-state index contributed by atoms with van der Waals surface area (Å²) in [6.45, 7) is 0. The molecule has 1 aliphatic rings. The first-order chi connectivity index (χ1) is 27.3. The van der Waals surface area contributed by atoms with Gasteiger partial charge in [-0.25, -0.2) is 0 Å². The van der Waals surface area contributed by atoms with Crippen LogP contribution >= 0.6 is 0 Å². The van der Waals surface area contributed by atoms with E-state index in [1.54, 1.807) is 0 Å². The highest BCUT2D eigenvalue weighted by atomic mass is 16.3. The van der Waals surface area contributed by atoms with Gasteiger partial charge in [0.1, 0.15) is 11.2 Å². The Morgan fingerprint density at radius 3 is 1.69 bits per heavy atom. The average molecular weight is 702 g/mol. The fourth-order valence-corrected chi connectivity index (χ4v) is 9.21. The Kier molecular flexibility index (Phi) is 7.11. The Hall–Kier alpha value is -7.16. The molecule has 9 aromatic carbocycles. The number of hydrogen-bond donors (Lipinski definition) is 0. The van der Waals surface area contributed by atoms with Crippen molar-refractivity contribution in [2.24, 2.45) is 0 Å². The third kappa shape index (κ3) is 4.75. The minimum atomic E-state index is -0.504. The number of anilines is 3. The van der Waals surface area contributed by atoms with Gasteiger partial charge >= 0.3 is 0 Å². The van der Waals surface area contributed by atoms with E-state index in [4.69, 9.17) is 4.42 Å². The van der Waals surface area contributed by atoms with E-state index in [2.05, 4.69) is 217 Å². The highest BCUT2D eigenvalue weighted by molar-refractivity contribution is 6.16. The number of hydrogen-bond acceptors (Lipinski definition) is 2. The van der Waals surface area contributed by atoms with Crippen LogP contribution in [0.5, 0.6) is 0 Å². The summed E-state index contributed by atoms with van der Waals surface area (Å²) >= 11 is 0. The van der Waals surface area contributed by atoms with E-state index in [0.29, 0.717) is 0 Å². The highest BCUT2D eigenvalue weighted by Gasteiger charge is 2.46. The topological polar surface area (TPSA) is 16.4 Å². The summed E-state index contributed by atoms with van der Waals surface area (Å²) in [6, 6.07) is 77.0. The minimum absolute atomic E-state index is 0.504. The maximum Gasteiger partial charge on any atom is 0.136 e. The van der Waals surface area contributed by atoms with Crippen LogP contribution in [0, 0.1) is 0 Å². The van der Waals surface area contributed by atoms with Crippen molar-refractivity contribution in [3.8, 4) is 22.3 Å². The first kappa shape index (κ1) is 31.4. The molecule has 2 nitrogen and oxygen atoms in total. The number of fused-ring (bicyclic) bond motifs is 7. The molecular weight excluding hydrogens is 667 g/mol. The zero-order valence-corrected chi connectivity index (χ0v) is 30.1. The normalized spacial score (nSPS) is 12.9. The molecule has 55 heavy (non-hydrogen) atoms. The molecule has 10 aromatic rings. The van der Waals surface area contributed by atoms with Gasteiger partial charge in [0.25, 0.3) is 0 Å². The van der Waals surface area contributed by atoms with Gasteiger partial charge in [0.05, 0.1) is 11.1 Å². The third-order valence-corrected chi connectivity index (χ3v) is 11.5. The molecule has 1 aromatic heterocycles. The summed E-state index contributed by atoms with van der Waals surface area (Å²) in [6.07, 6.45) is 0. The Morgan fingerprint density at radius 2 is 0.945 bits per heavy atom. The van der Waals surface area contributed by atoms with E-state index in [1.165, 1.54) is 44.2 Å².